The van der Waals surface area contributed by atoms with E-state index in [2.05, 4.69) is 15.5 Å². The number of benzene rings is 2. The molecule has 1 aliphatic heterocycles. The lowest BCUT2D eigenvalue weighted by molar-refractivity contribution is 0.102. The summed E-state index contributed by atoms with van der Waals surface area (Å²) in [5.74, 6) is 2.25. The first-order valence-corrected chi connectivity index (χ1v) is 9.82. The average molecular weight is 401 g/mol. The van der Waals surface area contributed by atoms with Crippen molar-refractivity contribution in [2.24, 2.45) is 0 Å². The highest BCUT2D eigenvalue weighted by atomic mass is 32.2. The zero-order valence-corrected chi connectivity index (χ0v) is 15.9. The number of para-hydroxylation sites is 2. The molecule has 9 heteroatoms. The van der Waals surface area contributed by atoms with Gasteiger partial charge in [-0.1, -0.05) is 35.2 Å². The Kier molecular flexibility index (Phi) is 5.12. The van der Waals surface area contributed by atoms with E-state index in [9.17, 15) is 4.79 Å². The van der Waals surface area contributed by atoms with Crippen molar-refractivity contribution >= 4 is 39.7 Å². The van der Waals surface area contributed by atoms with Crippen molar-refractivity contribution in [2.45, 2.75) is 4.34 Å². The number of carbonyl (C=O) groups is 1. The van der Waals surface area contributed by atoms with Crippen molar-refractivity contribution in [3.8, 4) is 17.2 Å². The van der Waals surface area contributed by atoms with Crippen LogP contribution in [-0.2, 0) is 0 Å². The van der Waals surface area contributed by atoms with Gasteiger partial charge in [0, 0.05) is 5.56 Å². The molecule has 1 aromatic heterocycles. The third-order valence-electron chi connectivity index (χ3n) is 3.78. The Balaban J connectivity index is 1.37. The molecule has 2 aromatic carbocycles. The first-order valence-electron chi connectivity index (χ1n) is 8.02. The SMILES string of the molecule is COc1ccccc1Nc1nnc(SCC(=O)c2ccc3c(c2)OCO3)s1. The lowest BCUT2D eigenvalue weighted by atomic mass is 10.1. The predicted octanol–water partition coefficient (Wildman–Crippen LogP) is 3.99. The van der Waals surface area contributed by atoms with Gasteiger partial charge in [0.05, 0.1) is 18.6 Å². The summed E-state index contributed by atoms with van der Waals surface area (Å²) in [5, 5.41) is 12.1. The molecule has 0 saturated heterocycles. The van der Waals surface area contributed by atoms with Crippen LogP contribution in [0.15, 0.2) is 46.8 Å². The van der Waals surface area contributed by atoms with E-state index in [0.717, 1.165) is 11.4 Å². The number of thioether (sulfide) groups is 1. The molecule has 7 nitrogen and oxygen atoms in total. The number of nitrogens with zero attached hydrogens (tertiary/aromatic N) is 2. The summed E-state index contributed by atoms with van der Waals surface area (Å²) in [5.41, 5.74) is 1.40. The van der Waals surface area contributed by atoms with Gasteiger partial charge in [-0.3, -0.25) is 4.79 Å². The molecule has 3 aromatic rings. The Morgan fingerprint density at radius 2 is 2.07 bits per heavy atom. The van der Waals surface area contributed by atoms with Gasteiger partial charge in [0.25, 0.3) is 0 Å². The molecule has 0 aliphatic carbocycles. The van der Waals surface area contributed by atoms with Crippen LogP contribution in [0.5, 0.6) is 17.2 Å². The smallest absolute Gasteiger partial charge is 0.231 e. The number of Topliss-reactive ketones (excluding diaryl/α,β-unsaturated/α-hetero) is 1. The molecule has 0 radical (unpaired) electrons. The molecule has 4 rings (SSSR count). The molecule has 0 bridgehead atoms. The van der Waals surface area contributed by atoms with Crippen LogP contribution in [0.2, 0.25) is 0 Å². The molecule has 27 heavy (non-hydrogen) atoms. The molecule has 0 saturated carbocycles. The highest BCUT2D eigenvalue weighted by Gasteiger charge is 2.17. The molecule has 1 N–H and O–H groups in total. The van der Waals surface area contributed by atoms with Gasteiger partial charge in [0.15, 0.2) is 21.6 Å². The quantitative estimate of drug-likeness (QED) is 0.470. The Labute approximate surface area is 163 Å². The third-order valence-corrected chi connectivity index (χ3v) is 5.75. The first-order chi connectivity index (χ1) is 13.2. The van der Waals surface area contributed by atoms with Gasteiger partial charge in [0.1, 0.15) is 5.75 Å². The number of hydrogen-bond acceptors (Lipinski definition) is 9. The first kappa shape index (κ1) is 17.6. The Morgan fingerprint density at radius 1 is 1.22 bits per heavy atom. The number of fused-ring (bicyclic) bond motifs is 1. The lowest BCUT2D eigenvalue weighted by Crippen LogP contribution is -2.02. The van der Waals surface area contributed by atoms with Crippen LogP contribution < -0.4 is 19.5 Å². The zero-order valence-electron chi connectivity index (χ0n) is 14.3. The topological polar surface area (TPSA) is 82.6 Å². The Bertz CT molecular complexity index is 977. The summed E-state index contributed by atoms with van der Waals surface area (Å²) in [6, 6.07) is 12.8. The van der Waals surface area contributed by atoms with Crippen LogP contribution in [0.1, 0.15) is 10.4 Å². The van der Waals surface area contributed by atoms with Crippen molar-refractivity contribution in [2.75, 3.05) is 25.0 Å². The largest absolute Gasteiger partial charge is 0.495 e. The minimum absolute atomic E-state index is 0.00672. The molecule has 2 heterocycles. The maximum Gasteiger partial charge on any atom is 0.231 e. The average Bonchev–Trinajstić information content (AvgIpc) is 3.35. The van der Waals surface area contributed by atoms with Gasteiger partial charge in [0.2, 0.25) is 11.9 Å². The minimum atomic E-state index is -0.00672. The van der Waals surface area contributed by atoms with E-state index in [1.165, 1.54) is 23.1 Å². The van der Waals surface area contributed by atoms with Crippen molar-refractivity contribution < 1.29 is 19.0 Å². The van der Waals surface area contributed by atoms with Crippen LogP contribution in [0.3, 0.4) is 0 Å². The van der Waals surface area contributed by atoms with Crippen LogP contribution >= 0.6 is 23.1 Å². The molecular formula is C18H15N3O4S2. The van der Waals surface area contributed by atoms with Crippen molar-refractivity contribution in [3.63, 3.8) is 0 Å². The van der Waals surface area contributed by atoms with E-state index < -0.39 is 0 Å². The van der Waals surface area contributed by atoms with Crippen LogP contribution in [0.25, 0.3) is 0 Å². The molecule has 0 atom stereocenters. The monoisotopic (exact) mass is 401 g/mol. The second-order valence-electron chi connectivity index (χ2n) is 5.48. The predicted molar refractivity (Wildman–Crippen MR) is 104 cm³/mol. The highest BCUT2D eigenvalue weighted by Crippen LogP contribution is 2.34. The van der Waals surface area contributed by atoms with Gasteiger partial charge in [-0.2, -0.15) is 0 Å². The van der Waals surface area contributed by atoms with E-state index in [0.29, 0.717) is 26.5 Å². The summed E-state index contributed by atoms with van der Waals surface area (Å²) in [6.45, 7) is 0.189. The second kappa shape index (κ2) is 7.85. The third kappa shape index (κ3) is 3.99. The fraction of sp³-hybridized carbons (Fsp3) is 0.167. The molecule has 0 fully saturated rings. The van der Waals surface area contributed by atoms with E-state index >= 15 is 0 Å². The number of ether oxygens (including phenoxy) is 3. The number of aromatic nitrogens is 2. The fourth-order valence-electron chi connectivity index (χ4n) is 2.46. The number of rotatable bonds is 7. The van der Waals surface area contributed by atoms with Crippen molar-refractivity contribution in [1.29, 1.82) is 0 Å². The van der Waals surface area contributed by atoms with Gasteiger partial charge in [-0.25, -0.2) is 0 Å². The summed E-state index contributed by atoms with van der Waals surface area (Å²) < 4.78 is 16.6. The van der Waals surface area contributed by atoms with Crippen molar-refractivity contribution in [1.82, 2.24) is 10.2 Å². The number of nitrogens with one attached hydrogen (secondary N) is 1. The zero-order chi connectivity index (χ0) is 18.6. The van der Waals surface area contributed by atoms with Crippen LogP contribution in [0.4, 0.5) is 10.8 Å². The molecule has 1 aliphatic rings. The summed E-state index contributed by atoms with van der Waals surface area (Å²) >= 11 is 2.73. The Morgan fingerprint density at radius 3 is 2.96 bits per heavy atom. The summed E-state index contributed by atoms with van der Waals surface area (Å²) in [6.07, 6.45) is 0. The van der Waals surface area contributed by atoms with Gasteiger partial charge >= 0.3 is 0 Å². The molecule has 138 valence electrons. The molecule has 0 unspecified atom stereocenters. The number of anilines is 2. The molecule has 0 spiro atoms. The van der Waals surface area contributed by atoms with E-state index in [4.69, 9.17) is 14.2 Å². The Hall–Kier alpha value is -2.78. The van der Waals surface area contributed by atoms with Crippen LogP contribution in [-0.4, -0.2) is 35.6 Å². The standard InChI is InChI=1S/C18H15N3O4S2/c1-23-14-5-3-2-4-12(14)19-17-20-21-18(27-17)26-9-13(22)11-6-7-15-16(8-11)25-10-24-15/h2-8H,9-10H2,1H3,(H,19,20). The number of hydrogen-bond donors (Lipinski definition) is 1. The van der Waals surface area contributed by atoms with Crippen LogP contribution in [0, 0.1) is 0 Å². The maximum absolute atomic E-state index is 12.4. The number of carbonyl (C=O) groups excluding carboxylic acids is 1. The van der Waals surface area contributed by atoms with E-state index in [-0.39, 0.29) is 18.3 Å². The highest BCUT2D eigenvalue weighted by molar-refractivity contribution is 8.01. The second-order valence-corrected chi connectivity index (χ2v) is 7.68. The number of ketones is 1. The van der Waals surface area contributed by atoms with Gasteiger partial charge in [-0.15, -0.1) is 10.2 Å². The fourth-order valence-corrected chi connectivity index (χ4v) is 4.12. The maximum atomic E-state index is 12.4. The van der Waals surface area contributed by atoms with E-state index in [1.54, 1.807) is 25.3 Å². The minimum Gasteiger partial charge on any atom is -0.495 e. The van der Waals surface area contributed by atoms with Gasteiger partial charge in [-0.05, 0) is 30.3 Å². The lowest BCUT2D eigenvalue weighted by Gasteiger charge is -2.07. The number of methoxy groups -OCH3 is 1. The molecule has 0 amide bonds. The van der Waals surface area contributed by atoms with Gasteiger partial charge < -0.3 is 19.5 Å². The molecular weight excluding hydrogens is 386 g/mol. The van der Waals surface area contributed by atoms with E-state index in [1.807, 2.05) is 24.3 Å². The normalized spacial score (nSPS) is 12.0. The summed E-state index contributed by atoms with van der Waals surface area (Å²) in [4.78, 5) is 12.4. The van der Waals surface area contributed by atoms with Crippen molar-refractivity contribution in [3.05, 3.63) is 48.0 Å². The summed E-state index contributed by atoms with van der Waals surface area (Å²) in [7, 11) is 1.61.